The summed E-state index contributed by atoms with van der Waals surface area (Å²) >= 11 is 3.36. The minimum Gasteiger partial charge on any atom is -0.849 e. The predicted octanol–water partition coefficient (Wildman–Crippen LogP) is -1.91. The van der Waals surface area contributed by atoms with E-state index in [1.807, 2.05) is 0 Å². The molecule has 1 aliphatic rings. The Morgan fingerprint density at radius 1 is 1.27 bits per heavy atom. The minimum absolute atomic E-state index is 0. The van der Waals surface area contributed by atoms with E-state index in [0.717, 1.165) is 9.15 Å². The molecular weight excluding hydrogens is 469 g/mol. The summed E-state index contributed by atoms with van der Waals surface area (Å²) in [6, 6.07) is 4.99. The molecule has 2 aromatic rings. The van der Waals surface area contributed by atoms with Crippen molar-refractivity contribution < 1.29 is 53.7 Å². The van der Waals surface area contributed by atoms with E-state index in [1.165, 1.54) is 4.90 Å². The fraction of sp³-hybridized carbons (Fsp3) is 0.474. The van der Waals surface area contributed by atoms with Crippen LogP contribution in [0.1, 0.15) is 20.8 Å². The Hall–Kier alpha value is -1.46. The topological polar surface area (TPSA) is 114 Å². The van der Waals surface area contributed by atoms with Crippen molar-refractivity contribution in [1.29, 1.82) is 0 Å². The first-order valence-electron chi connectivity index (χ1n) is 9.02. The summed E-state index contributed by atoms with van der Waals surface area (Å²) in [6.45, 7) is 4.64. The standard InChI is InChI=1S/C19H21BrN3O6.Na/c1-19(2,3)29-18(27)22-8-13(9-22)28-16-15-6-11(20)4-5-14(15)17(26)23(21-16)7-12(25)10-24;/h4-6,13H,7-10H2,1-3H3;/q-1;+1. The SMILES string of the molecule is CC(C)(C)OC(=O)N1CC(Oc2nn(CC(=O)C[O-])c(=O)c3ccc(Br)cc23)C1.[Na+]. The molecule has 1 aliphatic heterocycles. The van der Waals surface area contributed by atoms with Crippen LogP contribution in [0.2, 0.25) is 0 Å². The smallest absolute Gasteiger partial charge is 0.849 e. The van der Waals surface area contributed by atoms with Crippen molar-refractivity contribution >= 4 is 38.6 Å². The second-order valence-electron chi connectivity index (χ2n) is 7.77. The third-order valence-electron chi connectivity index (χ3n) is 4.15. The molecule has 30 heavy (non-hydrogen) atoms. The van der Waals surface area contributed by atoms with Gasteiger partial charge in [0, 0.05) is 4.47 Å². The number of hydrogen-bond acceptors (Lipinski definition) is 7. The van der Waals surface area contributed by atoms with Gasteiger partial charge in [0.1, 0.15) is 24.0 Å². The van der Waals surface area contributed by atoms with Gasteiger partial charge in [-0.1, -0.05) is 22.5 Å². The quantitative estimate of drug-likeness (QED) is 0.450. The number of carbonyl (C=O) groups is 2. The van der Waals surface area contributed by atoms with E-state index in [0.29, 0.717) is 23.9 Å². The van der Waals surface area contributed by atoms with Crippen molar-refractivity contribution in [2.24, 2.45) is 0 Å². The zero-order valence-corrected chi connectivity index (χ0v) is 20.9. The molecule has 1 aromatic heterocycles. The largest absolute Gasteiger partial charge is 1.00 e. The first-order chi connectivity index (χ1) is 13.6. The van der Waals surface area contributed by atoms with Crippen LogP contribution in [-0.2, 0) is 16.1 Å². The van der Waals surface area contributed by atoms with Crippen LogP contribution >= 0.6 is 15.9 Å². The van der Waals surface area contributed by atoms with Crippen LogP contribution in [0, 0.1) is 0 Å². The number of halogens is 1. The molecule has 9 nitrogen and oxygen atoms in total. The van der Waals surface area contributed by atoms with Gasteiger partial charge in [-0.05, 0) is 39.0 Å². The number of benzene rings is 1. The Morgan fingerprint density at radius 2 is 1.93 bits per heavy atom. The predicted molar refractivity (Wildman–Crippen MR) is 106 cm³/mol. The molecule has 11 heteroatoms. The molecule has 156 valence electrons. The van der Waals surface area contributed by atoms with Crippen LogP contribution in [0.4, 0.5) is 4.79 Å². The molecule has 0 unspecified atom stereocenters. The molecule has 0 saturated carbocycles. The average Bonchev–Trinajstić information content (AvgIpc) is 2.59. The van der Waals surface area contributed by atoms with E-state index in [1.54, 1.807) is 39.0 Å². The summed E-state index contributed by atoms with van der Waals surface area (Å²) in [4.78, 5) is 37.7. The number of amides is 1. The van der Waals surface area contributed by atoms with Gasteiger partial charge in [-0.15, -0.1) is 5.10 Å². The Morgan fingerprint density at radius 3 is 2.53 bits per heavy atom. The van der Waals surface area contributed by atoms with Gasteiger partial charge in [-0.2, -0.15) is 0 Å². The first kappa shape index (κ1) is 24.8. The number of Topliss-reactive ketones (excluding diaryl/α,β-unsaturated/α-hetero) is 1. The fourth-order valence-electron chi connectivity index (χ4n) is 2.78. The van der Waals surface area contributed by atoms with E-state index in [4.69, 9.17) is 9.47 Å². The van der Waals surface area contributed by atoms with Crippen molar-refractivity contribution in [2.45, 2.75) is 39.0 Å². The zero-order valence-electron chi connectivity index (χ0n) is 17.3. The number of likely N-dealkylation sites (tertiary alicyclic amines) is 1. The van der Waals surface area contributed by atoms with Crippen LogP contribution in [0.5, 0.6) is 5.88 Å². The molecule has 3 rings (SSSR count). The first-order valence-corrected chi connectivity index (χ1v) is 9.81. The number of rotatable bonds is 5. The van der Waals surface area contributed by atoms with E-state index in [2.05, 4.69) is 21.0 Å². The molecule has 0 radical (unpaired) electrons. The molecule has 2 heterocycles. The van der Waals surface area contributed by atoms with Gasteiger partial charge in [0.05, 0.1) is 23.9 Å². The normalized spacial score (nSPS) is 14.1. The molecule has 0 aliphatic carbocycles. The molecule has 0 bridgehead atoms. The fourth-order valence-corrected chi connectivity index (χ4v) is 3.14. The van der Waals surface area contributed by atoms with Crippen LogP contribution in [0.25, 0.3) is 10.8 Å². The van der Waals surface area contributed by atoms with Crippen molar-refractivity contribution in [3.63, 3.8) is 0 Å². The van der Waals surface area contributed by atoms with Crippen LogP contribution in [0.15, 0.2) is 27.5 Å². The summed E-state index contributed by atoms with van der Waals surface area (Å²) < 4.78 is 12.9. The van der Waals surface area contributed by atoms with Crippen molar-refractivity contribution in [3.05, 3.63) is 33.0 Å². The number of aromatic nitrogens is 2. The number of ether oxygens (including phenoxy) is 2. The van der Waals surface area contributed by atoms with Gasteiger partial charge in [-0.3, -0.25) is 9.59 Å². The van der Waals surface area contributed by atoms with Crippen molar-refractivity contribution in [2.75, 3.05) is 19.7 Å². The van der Waals surface area contributed by atoms with Crippen LogP contribution in [0.3, 0.4) is 0 Å². The number of ketones is 1. The van der Waals surface area contributed by atoms with Gasteiger partial charge in [0.25, 0.3) is 5.56 Å². The van der Waals surface area contributed by atoms with Gasteiger partial charge in [-0.25, -0.2) is 9.48 Å². The molecule has 0 N–H and O–H groups in total. The van der Waals surface area contributed by atoms with Crippen molar-refractivity contribution in [3.8, 4) is 5.88 Å². The van der Waals surface area contributed by atoms with Crippen LogP contribution in [-0.4, -0.2) is 58.0 Å². The Balaban J connectivity index is 0.00000320. The Bertz CT molecular complexity index is 1010. The van der Waals surface area contributed by atoms with E-state index < -0.39 is 36.2 Å². The van der Waals surface area contributed by atoms with E-state index in [9.17, 15) is 19.5 Å². The second kappa shape index (κ2) is 9.78. The number of fused-ring (bicyclic) bond motifs is 1. The monoisotopic (exact) mass is 489 g/mol. The van der Waals surface area contributed by atoms with Gasteiger partial charge in [0.15, 0.2) is 0 Å². The second-order valence-corrected chi connectivity index (χ2v) is 8.68. The summed E-state index contributed by atoms with van der Waals surface area (Å²) in [6.07, 6.45) is -0.762. The maximum absolute atomic E-state index is 12.6. The van der Waals surface area contributed by atoms with Crippen LogP contribution < -0.4 is 45.0 Å². The summed E-state index contributed by atoms with van der Waals surface area (Å²) in [7, 11) is 0. The number of hydrogen-bond donors (Lipinski definition) is 0. The molecular formula is C19H21BrN3NaO6. The molecule has 1 fully saturated rings. The Labute approximate surface area is 203 Å². The van der Waals surface area contributed by atoms with Gasteiger partial charge in [0.2, 0.25) is 5.88 Å². The average molecular weight is 490 g/mol. The van der Waals surface area contributed by atoms with E-state index >= 15 is 0 Å². The number of carbonyl (C=O) groups excluding carboxylic acids is 2. The summed E-state index contributed by atoms with van der Waals surface area (Å²) in [5.74, 6) is -0.491. The molecule has 1 aromatic carbocycles. The third kappa shape index (κ3) is 5.82. The molecule has 0 spiro atoms. The summed E-state index contributed by atoms with van der Waals surface area (Å²) in [5.41, 5.74) is -1.07. The third-order valence-corrected chi connectivity index (χ3v) is 4.65. The zero-order chi connectivity index (χ0) is 21.3. The maximum atomic E-state index is 12.6. The molecule has 1 saturated heterocycles. The molecule has 1 amide bonds. The molecule has 0 atom stereocenters. The van der Waals surface area contributed by atoms with Gasteiger partial charge < -0.3 is 19.5 Å². The number of nitrogens with zero attached hydrogens (tertiary/aromatic N) is 3. The minimum atomic E-state index is -0.934. The maximum Gasteiger partial charge on any atom is 1.00 e. The Kier molecular flexibility index (Phi) is 8.09. The summed E-state index contributed by atoms with van der Waals surface area (Å²) in [5, 5.41) is 15.7. The van der Waals surface area contributed by atoms with Crippen molar-refractivity contribution in [1.82, 2.24) is 14.7 Å². The van der Waals surface area contributed by atoms with E-state index in [-0.39, 0.29) is 41.5 Å². The van der Waals surface area contributed by atoms with Gasteiger partial charge >= 0.3 is 35.7 Å².